The second kappa shape index (κ2) is 21.5. The maximum absolute atomic E-state index is 12.9. The van der Waals surface area contributed by atoms with Gasteiger partial charge in [0, 0.05) is 82.6 Å². The molecule has 6 heterocycles. The number of aliphatic carboxylic acids is 1. The second-order valence-electron chi connectivity index (χ2n) is 16.8. The number of nitrogens with two attached hydrogens (primary N) is 4. The number of benzene rings is 3. The molecule has 0 bridgehead atoms. The van der Waals surface area contributed by atoms with Crippen LogP contribution in [0.3, 0.4) is 0 Å². The van der Waals surface area contributed by atoms with E-state index >= 15 is 0 Å². The second-order valence-corrected chi connectivity index (χ2v) is 24.0. The van der Waals surface area contributed by atoms with Crippen molar-refractivity contribution >= 4 is 138 Å². The molecule has 0 spiro atoms. The monoisotopic (exact) mass is 1110 g/mol. The van der Waals surface area contributed by atoms with Gasteiger partial charge in [-0.3, -0.25) is 4.79 Å². The lowest BCUT2D eigenvalue weighted by molar-refractivity contribution is -0.140. The van der Waals surface area contributed by atoms with Crippen LogP contribution in [-0.2, 0) is 34.9 Å². The first-order valence-corrected chi connectivity index (χ1v) is 27.6. The van der Waals surface area contributed by atoms with Gasteiger partial charge in [0.05, 0.1) is 29.8 Å². The van der Waals surface area contributed by atoms with Gasteiger partial charge in [0.2, 0.25) is 30.1 Å². The molecule has 3 atom stereocenters. The first kappa shape index (κ1) is 53.6. The lowest BCUT2D eigenvalue weighted by atomic mass is 10.1. The maximum atomic E-state index is 12.9. The molecule has 6 aromatic rings. The van der Waals surface area contributed by atoms with Crippen LogP contribution < -0.4 is 22.9 Å². The Morgan fingerprint density at radius 2 is 0.901 bits per heavy atom. The van der Waals surface area contributed by atoms with Gasteiger partial charge in [-0.05, 0) is 88.8 Å². The maximum Gasteiger partial charge on any atom is 0.322 e. The molecule has 20 nitrogen and oxygen atoms in total. The number of rotatable bonds is 9. The Morgan fingerprint density at radius 1 is 0.549 bits per heavy atom. The number of halogens is 4. The zero-order valence-electron chi connectivity index (χ0n) is 38.0. The summed E-state index contributed by atoms with van der Waals surface area (Å²) in [6.07, 6.45) is 8.51. The molecule has 0 unspecified atom stereocenters. The van der Waals surface area contributed by atoms with E-state index in [9.17, 15) is 35.2 Å². The lowest BCUT2D eigenvalue weighted by Crippen LogP contribution is -2.40. The van der Waals surface area contributed by atoms with Gasteiger partial charge in [-0.1, -0.05) is 64.6 Å². The molecule has 9 rings (SSSR count). The van der Waals surface area contributed by atoms with Crippen LogP contribution >= 0.6 is 46.4 Å². The molecule has 0 radical (unpaired) electrons. The van der Waals surface area contributed by atoms with E-state index in [2.05, 4.69) is 24.9 Å². The van der Waals surface area contributed by atoms with Gasteiger partial charge in [0.15, 0.2) is 23.6 Å². The topological polar surface area (TPSA) is 317 Å². The molecule has 0 aliphatic carbocycles. The Hall–Kier alpha value is -5.21. The van der Waals surface area contributed by atoms with Crippen LogP contribution in [0.25, 0.3) is 32.3 Å². The van der Waals surface area contributed by atoms with Gasteiger partial charge in [0.1, 0.15) is 11.2 Å². The molecule has 3 aromatic carbocycles. The van der Waals surface area contributed by atoms with E-state index in [0.29, 0.717) is 66.9 Å². The van der Waals surface area contributed by atoms with Gasteiger partial charge in [-0.25, -0.2) is 40.2 Å². The number of carboxylic acids is 1. The lowest BCUT2D eigenvalue weighted by Gasteiger charge is -2.21. The molecule has 3 aliphatic rings. The Labute approximate surface area is 429 Å². The third-order valence-corrected chi connectivity index (χ3v) is 19.2. The van der Waals surface area contributed by atoms with Crippen LogP contribution in [0, 0.1) is 0 Å². The number of aliphatic imine (C=N–C) groups is 2. The van der Waals surface area contributed by atoms with Crippen LogP contribution in [0.15, 0.2) is 97.9 Å². The van der Waals surface area contributed by atoms with Crippen molar-refractivity contribution in [1.82, 2.24) is 27.9 Å². The summed E-state index contributed by atoms with van der Waals surface area (Å²) in [5, 5.41) is 13.9. The molecule has 3 aliphatic heterocycles. The fourth-order valence-corrected chi connectivity index (χ4v) is 14.6. The minimum atomic E-state index is -4.01. The number of hydrogen-bond donors (Lipinski definition) is 5. The quantitative estimate of drug-likeness (QED) is 0.0571. The van der Waals surface area contributed by atoms with Crippen LogP contribution in [-0.4, -0.2) is 114 Å². The summed E-state index contributed by atoms with van der Waals surface area (Å²) in [4.78, 5) is 31.6. The highest BCUT2D eigenvalue weighted by molar-refractivity contribution is 7.89. The average Bonchev–Trinajstić information content (AvgIpc) is 4.12. The van der Waals surface area contributed by atoms with Crippen molar-refractivity contribution in [2.75, 3.05) is 19.6 Å². The van der Waals surface area contributed by atoms with E-state index in [1.165, 1.54) is 47.2 Å². The van der Waals surface area contributed by atoms with Crippen molar-refractivity contribution in [3.05, 3.63) is 93.4 Å². The van der Waals surface area contributed by atoms with Gasteiger partial charge in [0.25, 0.3) is 0 Å². The first-order chi connectivity index (χ1) is 33.4. The molecule has 3 aromatic heterocycles. The largest absolute Gasteiger partial charge is 0.480 e. The molecule has 0 amide bonds. The minimum Gasteiger partial charge on any atom is -0.480 e. The van der Waals surface area contributed by atoms with Crippen molar-refractivity contribution in [2.24, 2.45) is 32.9 Å². The van der Waals surface area contributed by atoms with Gasteiger partial charge in [-0.2, -0.15) is 22.9 Å². The number of nitrogens with zero attached hydrogens (tertiary/aromatic N) is 8. The molecule has 9 N–H and O–H groups in total. The Bertz CT molecular complexity index is 3480. The summed E-state index contributed by atoms with van der Waals surface area (Å²) in [6.45, 7) is 5.07. The van der Waals surface area contributed by atoms with E-state index in [4.69, 9.17) is 69.3 Å². The number of carboxylic acid groups (broad SMARTS) is 1. The average molecular weight is 1110 g/mol. The summed E-state index contributed by atoms with van der Waals surface area (Å²) >= 11 is 24.4. The van der Waals surface area contributed by atoms with E-state index < -0.39 is 42.1 Å². The summed E-state index contributed by atoms with van der Waals surface area (Å²) in [5.74, 6) is -1.20. The number of hydrogen-bond acceptors (Lipinski definition) is 12. The van der Waals surface area contributed by atoms with E-state index in [1.54, 1.807) is 34.6 Å². The summed E-state index contributed by atoms with van der Waals surface area (Å²) in [6, 6.07) is 12.7. The molecule has 3 fully saturated rings. The molecule has 0 saturated carbocycles. The predicted molar refractivity (Wildman–Crippen MR) is 276 cm³/mol. The molecule has 27 heteroatoms. The van der Waals surface area contributed by atoms with E-state index in [0.717, 1.165) is 30.0 Å². The van der Waals surface area contributed by atoms with Gasteiger partial charge < -0.3 is 28.0 Å². The highest BCUT2D eigenvalue weighted by Gasteiger charge is 2.40. The number of guanidine groups is 2. The third-order valence-electron chi connectivity index (χ3n) is 12.1. The number of aromatic nitrogens is 3. The molecule has 71 heavy (non-hydrogen) atoms. The summed E-state index contributed by atoms with van der Waals surface area (Å²) < 4.78 is 81.1. The van der Waals surface area contributed by atoms with Crippen LogP contribution in [0.4, 0.5) is 11.6 Å². The summed E-state index contributed by atoms with van der Waals surface area (Å²) in [7, 11) is -11.1. The normalized spacial score (nSPS) is 19.0. The highest BCUT2D eigenvalue weighted by atomic mass is 35.5. The molecule has 3 saturated heterocycles. The molecular formula is C44H48Cl4N12O8S3. The number of carbonyl (C=O) groups is 1. The van der Waals surface area contributed by atoms with Crippen molar-refractivity contribution in [3.63, 3.8) is 0 Å². The van der Waals surface area contributed by atoms with Crippen molar-refractivity contribution in [1.29, 1.82) is 0 Å². The SMILES string of the molecule is C[C@@H]1CCCN1S(=O)(=O)c1ccc2c(Cl)cnc(Cl)c2c1.C[C@@H]1CCCN1S(=O)(=O)c1ccc2c(Cl)cnc(N=C(N)N)c2c1.NC(N)=Nc1ncc(Cl)c2ccc(S(=O)(=O)N3CCC[C@H]3C(=O)O)cc12. The Morgan fingerprint density at radius 3 is 1.28 bits per heavy atom. The fraction of sp³-hybridized carbons (Fsp3) is 0.318. The van der Waals surface area contributed by atoms with E-state index in [-0.39, 0.29) is 68.4 Å². The predicted octanol–water partition coefficient (Wildman–Crippen LogP) is 6.71. The van der Waals surface area contributed by atoms with Crippen molar-refractivity contribution in [2.45, 2.75) is 85.2 Å². The Kier molecular flexibility index (Phi) is 16.2. The van der Waals surface area contributed by atoms with Gasteiger partial charge >= 0.3 is 5.97 Å². The zero-order chi connectivity index (χ0) is 51.7. The van der Waals surface area contributed by atoms with E-state index in [1.807, 2.05) is 13.8 Å². The number of sulfonamides is 3. The third kappa shape index (κ3) is 11.2. The standard InChI is InChI=1S/C15H16ClN5O4S.C15H18ClN5O2S.C14H14Cl2N2O2S/c16-11-7-19-13(20-15(17)18)10-6-8(3-4-9(10)11)26(24,25)21-5-1-2-12(21)14(22)23;1-9-3-2-6-21(9)24(22,23)10-4-5-11-12(7-10)14(20-15(17)18)19-8-13(11)16;1-9-3-2-6-18(9)21(19,20)10-4-5-11-12(7-10)14(16)17-8-13(11)15/h3-4,6-7,12H,1-2,5H2,(H,22,23)(H4,17,18,19,20);4-5,7-9H,2-3,6H2,1H3,(H4,17,18,19,20);4-5,7-9H,2-3,6H2,1H3/t12-;2*9-/m011/s1. The Balaban J connectivity index is 0.000000157. The van der Waals surface area contributed by atoms with Crippen LogP contribution in [0.1, 0.15) is 52.4 Å². The fourth-order valence-electron chi connectivity index (χ4n) is 8.61. The van der Waals surface area contributed by atoms with Crippen molar-refractivity contribution < 1.29 is 35.2 Å². The smallest absolute Gasteiger partial charge is 0.322 e. The van der Waals surface area contributed by atoms with Gasteiger partial charge in [-0.15, -0.1) is 0 Å². The first-order valence-electron chi connectivity index (χ1n) is 21.8. The number of pyridine rings is 3. The zero-order valence-corrected chi connectivity index (χ0v) is 43.4. The number of fused-ring (bicyclic) bond motifs is 3. The molecule has 378 valence electrons. The minimum absolute atomic E-state index is 0.0136. The van der Waals surface area contributed by atoms with Crippen molar-refractivity contribution in [3.8, 4) is 0 Å². The highest BCUT2D eigenvalue weighted by Crippen LogP contribution is 2.37. The van der Waals surface area contributed by atoms with Crippen LogP contribution in [0.2, 0.25) is 20.2 Å². The van der Waals surface area contributed by atoms with Crippen LogP contribution in [0.5, 0.6) is 0 Å². The summed E-state index contributed by atoms with van der Waals surface area (Å²) in [5.41, 5.74) is 21.6. The molecular weight excluding hydrogens is 1060 g/mol.